The van der Waals surface area contributed by atoms with Crippen LogP contribution in [-0.4, -0.2) is 54.8 Å². The molecule has 6 nitrogen and oxygen atoms in total. The molecule has 1 amide bonds. The molecule has 1 fully saturated rings. The number of benzene rings is 1. The predicted molar refractivity (Wildman–Crippen MR) is 75.9 cm³/mol. The van der Waals surface area contributed by atoms with Crippen LogP contribution in [0.25, 0.3) is 0 Å². The summed E-state index contributed by atoms with van der Waals surface area (Å²) in [5, 5.41) is 9.10. The van der Waals surface area contributed by atoms with E-state index in [0.717, 1.165) is 6.42 Å². The van der Waals surface area contributed by atoms with Crippen molar-refractivity contribution in [3.63, 3.8) is 0 Å². The molecule has 1 aliphatic heterocycles. The van der Waals surface area contributed by atoms with E-state index < -0.39 is 5.97 Å². The maximum atomic E-state index is 12.5. The zero-order valence-corrected chi connectivity index (χ0v) is 12.2. The molecule has 0 bridgehead atoms. The normalized spacial score (nSPS) is 18.4. The first-order valence-corrected chi connectivity index (χ1v) is 6.88. The lowest BCUT2D eigenvalue weighted by Crippen LogP contribution is -2.45. The number of methoxy groups -OCH3 is 1. The minimum absolute atomic E-state index is 0.0345. The third kappa shape index (κ3) is 3.52. The molecule has 1 saturated heterocycles. The van der Waals surface area contributed by atoms with Gasteiger partial charge in [-0.1, -0.05) is 6.92 Å². The minimum Gasteiger partial charge on any atom is -0.497 e. The molecule has 21 heavy (non-hydrogen) atoms. The summed E-state index contributed by atoms with van der Waals surface area (Å²) in [6.45, 7) is 3.54. The lowest BCUT2D eigenvalue weighted by Gasteiger charge is -2.32. The summed E-state index contributed by atoms with van der Waals surface area (Å²) >= 11 is 0. The van der Waals surface area contributed by atoms with Gasteiger partial charge in [-0.3, -0.25) is 4.79 Å². The topological polar surface area (TPSA) is 76.1 Å². The SMILES string of the molecule is CC[C@@H]1CN(C(=O)c2cc(OC)cc(C(=O)O)c2)CCO1. The van der Waals surface area contributed by atoms with Gasteiger partial charge < -0.3 is 19.5 Å². The van der Waals surface area contributed by atoms with Gasteiger partial charge in [0.15, 0.2) is 0 Å². The van der Waals surface area contributed by atoms with Gasteiger partial charge in [-0.05, 0) is 24.6 Å². The number of morpholine rings is 1. The maximum Gasteiger partial charge on any atom is 0.335 e. The van der Waals surface area contributed by atoms with Crippen LogP contribution < -0.4 is 4.74 Å². The van der Waals surface area contributed by atoms with Crippen molar-refractivity contribution in [2.45, 2.75) is 19.4 Å². The molecule has 0 aromatic heterocycles. The van der Waals surface area contributed by atoms with Crippen molar-refractivity contribution in [2.24, 2.45) is 0 Å². The van der Waals surface area contributed by atoms with Gasteiger partial charge in [0.2, 0.25) is 0 Å². The van der Waals surface area contributed by atoms with Gasteiger partial charge in [0.25, 0.3) is 5.91 Å². The summed E-state index contributed by atoms with van der Waals surface area (Å²) in [6.07, 6.45) is 0.870. The summed E-state index contributed by atoms with van der Waals surface area (Å²) < 4.78 is 10.6. The molecule has 0 saturated carbocycles. The molecular weight excluding hydrogens is 274 g/mol. The third-order valence-corrected chi connectivity index (χ3v) is 3.52. The second kappa shape index (κ2) is 6.58. The van der Waals surface area contributed by atoms with E-state index in [0.29, 0.717) is 31.0 Å². The Morgan fingerprint density at radius 2 is 2.10 bits per heavy atom. The van der Waals surface area contributed by atoms with E-state index in [1.54, 1.807) is 11.0 Å². The summed E-state index contributed by atoms with van der Waals surface area (Å²) in [7, 11) is 1.44. The van der Waals surface area contributed by atoms with E-state index in [9.17, 15) is 9.59 Å². The van der Waals surface area contributed by atoms with Gasteiger partial charge in [0.1, 0.15) is 5.75 Å². The average Bonchev–Trinajstić information content (AvgIpc) is 2.53. The van der Waals surface area contributed by atoms with Crippen LogP contribution in [-0.2, 0) is 4.74 Å². The second-order valence-corrected chi connectivity index (χ2v) is 4.91. The molecule has 1 aliphatic rings. The third-order valence-electron chi connectivity index (χ3n) is 3.52. The highest BCUT2D eigenvalue weighted by atomic mass is 16.5. The van der Waals surface area contributed by atoms with Crippen molar-refractivity contribution in [2.75, 3.05) is 26.8 Å². The molecule has 2 rings (SSSR count). The van der Waals surface area contributed by atoms with Crippen molar-refractivity contribution in [3.8, 4) is 5.75 Å². The second-order valence-electron chi connectivity index (χ2n) is 4.91. The summed E-state index contributed by atoms with van der Waals surface area (Å²) in [5.74, 6) is -0.923. The number of ether oxygens (including phenoxy) is 2. The van der Waals surface area contributed by atoms with Crippen LogP contribution in [0, 0.1) is 0 Å². The van der Waals surface area contributed by atoms with Crippen LogP contribution in [0.15, 0.2) is 18.2 Å². The number of carbonyl (C=O) groups is 2. The number of carboxylic acids is 1. The van der Waals surface area contributed by atoms with Crippen molar-refractivity contribution < 1.29 is 24.2 Å². The Morgan fingerprint density at radius 1 is 1.38 bits per heavy atom. The molecule has 0 unspecified atom stereocenters. The lowest BCUT2D eigenvalue weighted by molar-refractivity contribution is -0.0226. The monoisotopic (exact) mass is 293 g/mol. The summed E-state index contributed by atoms with van der Waals surface area (Å²) in [6, 6.07) is 4.34. The summed E-state index contributed by atoms with van der Waals surface area (Å²) in [5.41, 5.74) is 0.363. The van der Waals surface area contributed by atoms with Crippen LogP contribution in [0.1, 0.15) is 34.1 Å². The van der Waals surface area contributed by atoms with Crippen molar-refractivity contribution in [1.82, 2.24) is 4.90 Å². The number of hydrogen-bond acceptors (Lipinski definition) is 4. The van der Waals surface area contributed by atoms with Gasteiger partial charge >= 0.3 is 5.97 Å². The lowest BCUT2D eigenvalue weighted by atomic mass is 10.1. The molecule has 1 heterocycles. The molecule has 114 valence electrons. The largest absolute Gasteiger partial charge is 0.497 e. The van der Waals surface area contributed by atoms with E-state index in [1.165, 1.54) is 19.2 Å². The number of aromatic carboxylic acids is 1. The van der Waals surface area contributed by atoms with Crippen LogP contribution in [0.3, 0.4) is 0 Å². The molecular formula is C15H19NO5. The fourth-order valence-electron chi connectivity index (χ4n) is 2.30. The van der Waals surface area contributed by atoms with E-state index in [2.05, 4.69) is 0 Å². The maximum absolute atomic E-state index is 12.5. The van der Waals surface area contributed by atoms with Gasteiger partial charge in [0, 0.05) is 18.7 Å². The fourth-order valence-corrected chi connectivity index (χ4v) is 2.30. The summed E-state index contributed by atoms with van der Waals surface area (Å²) in [4.78, 5) is 25.3. The zero-order chi connectivity index (χ0) is 15.4. The van der Waals surface area contributed by atoms with Crippen LogP contribution in [0.2, 0.25) is 0 Å². The Balaban J connectivity index is 2.25. The number of hydrogen-bond donors (Lipinski definition) is 1. The van der Waals surface area contributed by atoms with E-state index in [1.807, 2.05) is 6.92 Å². The van der Waals surface area contributed by atoms with Gasteiger partial charge in [0.05, 0.1) is 25.4 Å². The Kier molecular flexibility index (Phi) is 4.80. The molecule has 0 radical (unpaired) electrons. The molecule has 1 aromatic rings. The number of carbonyl (C=O) groups excluding carboxylic acids is 1. The Morgan fingerprint density at radius 3 is 2.71 bits per heavy atom. The molecule has 1 atom stereocenters. The first kappa shape index (κ1) is 15.3. The number of rotatable bonds is 4. The molecule has 1 aromatic carbocycles. The van der Waals surface area contributed by atoms with Gasteiger partial charge in [-0.25, -0.2) is 4.79 Å². The Hall–Kier alpha value is -2.08. The zero-order valence-electron chi connectivity index (χ0n) is 12.2. The first-order valence-electron chi connectivity index (χ1n) is 6.88. The molecule has 6 heteroatoms. The average molecular weight is 293 g/mol. The number of nitrogens with zero attached hydrogens (tertiary/aromatic N) is 1. The Bertz CT molecular complexity index is 543. The van der Waals surface area contributed by atoms with Crippen molar-refractivity contribution in [3.05, 3.63) is 29.3 Å². The quantitative estimate of drug-likeness (QED) is 0.913. The highest BCUT2D eigenvalue weighted by Crippen LogP contribution is 2.20. The van der Waals surface area contributed by atoms with E-state index in [4.69, 9.17) is 14.6 Å². The van der Waals surface area contributed by atoms with Gasteiger partial charge in [-0.2, -0.15) is 0 Å². The van der Waals surface area contributed by atoms with Gasteiger partial charge in [-0.15, -0.1) is 0 Å². The molecule has 0 spiro atoms. The highest BCUT2D eigenvalue weighted by molar-refractivity contribution is 5.98. The van der Waals surface area contributed by atoms with Crippen LogP contribution in [0.5, 0.6) is 5.75 Å². The smallest absolute Gasteiger partial charge is 0.335 e. The van der Waals surface area contributed by atoms with E-state index >= 15 is 0 Å². The van der Waals surface area contributed by atoms with Crippen molar-refractivity contribution in [1.29, 1.82) is 0 Å². The minimum atomic E-state index is -1.09. The molecule has 0 aliphatic carbocycles. The van der Waals surface area contributed by atoms with E-state index in [-0.39, 0.29) is 17.6 Å². The highest BCUT2D eigenvalue weighted by Gasteiger charge is 2.25. The number of carboxylic acid groups (broad SMARTS) is 1. The first-order chi connectivity index (χ1) is 10.0. The fraction of sp³-hybridized carbons (Fsp3) is 0.467. The van der Waals surface area contributed by atoms with Crippen molar-refractivity contribution >= 4 is 11.9 Å². The van der Waals surface area contributed by atoms with Crippen LogP contribution >= 0.6 is 0 Å². The van der Waals surface area contributed by atoms with Crippen LogP contribution in [0.4, 0.5) is 0 Å². The number of amides is 1. The Labute approximate surface area is 123 Å². The predicted octanol–water partition coefficient (Wildman–Crippen LogP) is 1.64. The standard InChI is InChI=1S/C15H19NO5/c1-3-12-9-16(4-5-21-12)14(17)10-6-11(15(18)19)8-13(7-10)20-2/h6-8,12H,3-5,9H2,1-2H3,(H,18,19)/t12-/m1/s1. The molecule has 1 N–H and O–H groups in total.